The number of aryl methyl sites for hydroxylation is 2. The molecule has 0 N–H and O–H groups in total. The molecule has 2 fully saturated rings. The zero-order valence-electron chi connectivity index (χ0n) is 24.6. The summed E-state index contributed by atoms with van der Waals surface area (Å²) in [5.74, 6) is -2.38. The monoisotopic (exact) mass is 646 g/mol. The second kappa shape index (κ2) is 11.9. The van der Waals surface area contributed by atoms with Crippen molar-refractivity contribution in [3.05, 3.63) is 130 Å². The molecule has 2 aliphatic carbocycles. The fourth-order valence-corrected chi connectivity index (χ4v) is 11.8. The molecule has 0 amide bonds. The van der Waals surface area contributed by atoms with Crippen LogP contribution in [0.5, 0.6) is 0 Å². The van der Waals surface area contributed by atoms with Crippen LogP contribution in [-0.2, 0) is 24.5 Å². The lowest BCUT2D eigenvalue weighted by molar-refractivity contribution is -0.128. The molecule has 5 nitrogen and oxygen atoms in total. The first-order valence-corrected chi connectivity index (χ1v) is 18.4. The standard InChI is InChI=1S/C36H35ClO5S2/c1-23-8-12-26(13-9-23)30-20-33-32(22-35(30)43(39,40)28-18-14-27(37)15-19-28)34(38)21-31(25-6-4-3-5-7-25)36(33)44(41,42)29-16-10-24(2)11-17-29/h3-19,30-33,35-36H,20-22H2,1-2H3/t30-,31-,32+,33-,35?,36?/m0/s1. The van der Waals surface area contributed by atoms with E-state index in [4.69, 9.17) is 11.6 Å². The van der Waals surface area contributed by atoms with Gasteiger partial charge >= 0.3 is 0 Å². The van der Waals surface area contributed by atoms with Crippen molar-refractivity contribution in [2.45, 2.75) is 65.2 Å². The van der Waals surface area contributed by atoms with Gasteiger partial charge in [0.15, 0.2) is 19.7 Å². The van der Waals surface area contributed by atoms with Crippen molar-refractivity contribution >= 4 is 37.1 Å². The van der Waals surface area contributed by atoms with Gasteiger partial charge in [-0.2, -0.15) is 0 Å². The Bertz CT molecular complexity index is 1870. The third-order valence-corrected chi connectivity index (χ3v) is 14.4. The number of sulfone groups is 2. The predicted molar refractivity (Wildman–Crippen MR) is 174 cm³/mol. The van der Waals surface area contributed by atoms with Gasteiger partial charge in [0.25, 0.3) is 0 Å². The van der Waals surface area contributed by atoms with E-state index in [1.807, 2.05) is 68.4 Å². The number of hydrogen-bond donors (Lipinski definition) is 0. The van der Waals surface area contributed by atoms with Crippen molar-refractivity contribution in [2.75, 3.05) is 0 Å². The van der Waals surface area contributed by atoms with Gasteiger partial charge in [-0.25, -0.2) is 16.8 Å². The number of benzene rings is 4. The highest BCUT2D eigenvalue weighted by atomic mass is 35.5. The average Bonchev–Trinajstić information content (AvgIpc) is 3.01. The molecule has 4 aromatic carbocycles. The molecule has 0 saturated heterocycles. The van der Waals surface area contributed by atoms with Crippen LogP contribution in [0.1, 0.15) is 53.4 Å². The Kier molecular flexibility index (Phi) is 8.33. The normalized spacial score (nSPS) is 25.8. The highest BCUT2D eigenvalue weighted by Crippen LogP contribution is 2.54. The molecule has 0 heterocycles. The van der Waals surface area contributed by atoms with Crippen molar-refractivity contribution < 1.29 is 21.6 Å². The summed E-state index contributed by atoms with van der Waals surface area (Å²) in [6.45, 7) is 3.88. The van der Waals surface area contributed by atoms with Gasteiger partial charge in [0.2, 0.25) is 0 Å². The first-order chi connectivity index (χ1) is 21.0. The molecule has 0 aliphatic heterocycles. The van der Waals surface area contributed by atoms with Crippen molar-refractivity contribution in [1.29, 1.82) is 0 Å². The second-order valence-electron chi connectivity index (χ2n) is 12.3. The number of hydrogen-bond acceptors (Lipinski definition) is 5. The molecule has 2 aliphatic rings. The van der Waals surface area contributed by atoms with E-state index in [0.717, 1.165) is 22.3 Å². The van der Waals surface area contributed by atoms with Crippen LogP contribution in [0.3, 0.4) is 0 Å². The summed E-state index contributed by atoms with van der Waals surface area (Å²) in [7, 11) is -7.80. The Balaban J connectivity index is 1.50. The number of fused-ring (bicyclic) bond motifs is 1. The highest BCUT2D eigenvalue weighted by Gasteiger charge is 2.56. The van der Waals surface area contributed by atoms with E-state index in [2.05, 4.69) is 0 Å². The zero-order valence-corrected chi connectivity index (χ0v) is 27.0. The lowest BCUT2D eigenvalue weighted by Gasteiger charge is -2.48. The van der Waals surface area contributed by atoms with Crippen LogP contribution in [0.2, 0.25) is 5.02 Å². The zero-order chi connectivity index (χ0) is 31.2. The summed E-state index contributed by atoms with van der Waals surface area (Å²) >= 11 is 6.08. The number of rotatable bonds is 6. The van der Waals surface area contributed by atoms with Gasteiger partial charge in [-0.15, -0.1) is 0 Å². The molecule has 4 aromatic rings. The van der Waals surface area contributed by atoms with Crippen molar-refractivity contribution in [2.24, 2.45) is 11.8 Å². The van der Waals surface area contributed by atoms with Crippen LogP contribution in [0, 0.1) is 25.7 Å². The molecular formula is C36H35ClO5S2. The molecule has 0 spiro atoms. The highest BCUT2D eigenvalue weighted by molar-refractivity contribution is 7.92. The molecule has 2 unspecified atom stereocenters. The van der Waals surface area contributed by atoms with E-state index >= 15 is 0 Å². The number of Topliss-reactive ketones (excluding diaryl/α,β-unsaturated/α-hetero) is 1. The van der Waals surface area contributed by atoms with Gasteiger partial charge in [-0.05, 0) is 80.1 Å². The predicted octanol–water partition coefficient (Wildman–Crippen LogP) is 7.51. The Hall–Kier alpha value is -3.26. The molecule has 0 radical (unpaired) electrons. The van der Waals surface area contributed by atoms with Crippen LogP contribution >= 0.6 is 11.6 Å². The van der Waals surface area contributed by atoms with Crippen molar-refractivity contribution in [3.8, 4) is 0 Å². The average molecular weight is 647 g/mol. The summed E-state index contributed by atoms with van der Waals surface area (Å²) in [5, 5.41) is -1.35. The fourth-order valence-electron chi connectivity index (χ4n) is 7.36. The van der Waals surface area contributed by atoms with E-state index in [9.17, 15) is 21.6 Å². The van der Waals surface area contributed by atoms with Crippen LogP contribution in [-0.4, -0.2) is 33.1 Å². The van der Waals surface area contributed by atoms with Crippen molar-refractivity contribution in [1.82, 2.24) is 0 Å². The number of ketones is 1. The molecule has 0 aromatic heterocycles. The van der Waals surface area contributed by atoms with E-state index in [1.54, 1.807) is 36.4 Å². The van der Waals surface area contributed by atoms with Gasteiger partial charge in [0.05, 0.1) is 20.3 Å². The molecule has 0 bridgehead atoms. The van der Waals surface area contributed by atoms with Gasteiger partial charge in [0, 0.05) is 29.2 Å². The lowest BCUT2D eigenvalue weighted by Crippen LogP contribution is -2.53. The first-order valence-electron chi connectivity index (χ1n) is 14.9. The van der Waals surface area contributed by atoms with Crippen LogP contribution < -0.4 is 0 Å². The molecular weight excluding hydrogens is 612 g/mol. The van der Waals surface area contributed by atoms with Crippen LogP contribution in [0.4, 0.5) is 0 Å². The van der Waals surface area contributed by atoms with E-state index < -0.39 is 53.8 Å². The summed E-state index contributed by atoms with van der Waals surface area (Å²) in [5.41, 5.74) is 3.63. The van der Waals surface area contributed by atoms with Crippen LogP contribution in [0.15, 0.2) is 113 Å². The Morgan fingerprint density at radius 3 is 1.73 bits per heavy atom. The number of halogens is 1. The van der Waals surface area contributed by atoms with Gasteiger partial charge in [-0.3, -0.25) is 4.79 Å². The molecule has 6 atom stereocenters. The summed E-state index contributed by atoms with van der Waals surface area (Å²) in [6, 6.07) is 30.2. The van der Waals surface area contributed by atoms with Crippen LogP contribution in [0.25, 0.3) is 0 Å². The minimum Gasteiger partial charge on any atom is -0.299 e. The van der Waals surface area contributed by atoms with E-state index in [1.165, 1.54) is 12.1 Å². The summed E-state index contributed by atoms with van der Waals surface area (Å²) < 4.78 is 57.8. The quantitative estimate of drug-likeness (QED) is 0.216. The third kappa shape index (κ3) is 5.66. The van der Waals surface area contributed by atoms with Crippen molar-refractivity contribution in [3.63, 3.8) is 0 Å². The van der Waals surface area contributed by atoms with E-state index in [-0.39, 0.29) is 34.8 Å². The molecule has 2 saturated carbocycles. The minimum absolute atomic E-state index is 0.0455. The third-order valence-electron chi connectivity index (χ3n) is 9.61. The Morgan fingerprint density at radius 2 is 1.11 bits per heavy atom. The Labute approximate surface area is 265 Å². The van der Waals surface area contributed by atoms with Gasteiger partial charge in [-0.1, -0.05) is 89.5 Å². The Morgan fingerprint density at radius 1 is 0.591 bits per heavy atom. The first kappa shape index (κ1) is 30.8. The summed E-state index contributed by atoms with van der Waals surface area (Å²) in [4.78, 5) is 14.4. The SMILES string of the molecule is Cc1ccc([C@@H]2C[C@@H]3C(S(=O)(=O)c4ccc(C)cc4)[C@H](c4ccccc4)CC(=O)[C@@H]3CC2S(=O)(=O)c2ccc(Cl)cc2)cc1. The molecule has 8 heteroatoms. The van der Waals surface area contributed by atoms with Gasteiger partial charge < -0.3 is 0 Å². The lowest BCUT2D eigenvalue weighted by atomic mass is 9.61. The molecule has 44 heavy (non-hydrogen) atoms. The largest absolute Gasteiger partial charge is 0.299 e. The minimum atomic E-state index is -3.91. The maximum atomic E-state index is 14.6. The second-order valence-corrected chi connectivity index (χ2v) is 17.0. The maximum Gasteiger partial charge on any atom is 0.182 e. The number of carbonyl (C=O) groups is 1. The fraction of sp³-hybridized carbons (Fsp3) is 0.306. The smallest absolute Gasteiger partial charge is 0.182 e. The molecule has 6 rings (SSSR count). The van der Waals surface area contributed by atoms with E-state index in [0.29, 0.717) is 5.02 Å². The maximum absolute atomic E-state index is 14.6. The topological polar surface area (TPSA) is 85.3 Å². The van der Waals surface area contributed by atoms with Gasteiger partial charge in [0.1, 0.15) is 5.78 Å². The number of carbonyl (C=O) groups excluding carboxylic acids is 1. The molecule has 228 valence electrons. The summed E-state index contributed by atoms with van der Waals surface area (Å²) in [6.07, 6.45) is 0.369.